The summed E-state index contributed by atoms with van der Waals surface area (Å²) < 4.78 is 5.74. The highest BCUT2D eigenvalue weighted by molar-refractivity contribution is 6.46. The summed E-state index contributed by atoms with van der Waals surface area (Å²) in [6.45, 7) is 6.29. The maximum absolute atomic E-state index is 12.8. The van der Waals surface area contributed by atoms with E-state index in [1.807, 2.05) is 26.0 Å². The number of hydrogen-bond donors (Lipinski definition) is 1. The predicted octanol–water partition coefficient (Wildman–Crippen LogP) is 4.51. The van der Waals surface area contributed by atoms with Crippen molar-refractivity contribution in [2.24, 2.45) is 0 Å². The minimum atomic E-state index is -0.697. The monoisotopic (exact) mass is 367 g/mol. The smallest absolute Gasteiger partial charge is 0.295 e. The Hall–Kier alpha value is -2.82. The van der Waals surface area contributed by atoms with Crippen LogP contribution >= 0.6 is 0 Å². The molecule has 3 rings (SSSR count). The van der Waals surface area contributed by atoms with Crippen LogP contribution in [0.3, 0.4) is 0 Å². The van der Waals surface area contributed by atoms with Gasteiger partial charge in [-0.1, -0.05) is 49.6 Å². The molecule has 5 heteroatoms. The van der Waals surface area contributed by atoms with Crippen LogP contribution in [-0.2, 0) is 9.59 Å². The number of amides is 1. The Bertz CT molecular complexity index is 876. The third-order valence-electron chi connectivity index (χ3n) is 4.90. The van der Waals surface area contributed by atoms with Gasteiger partial charge in [0.05, 0.1) is 5.57 Å². The molecule has 0 radical (unpaired) electrons. The number of ketones is 1. The number of unbranched alkanes of at least 4 members (excludes halogenated alkanes) is 2. The zero-order valence-corrected chi connectivity index (χ0v) is 16.0. The molecule has 1 aliphatic rings. The fourth-order valence-corrected chi connectivity index (χ4v) is 3.41. The van der Waals surface area contributed by atoms with Crippen molar-refractivity contribution < 1.29 is 19.1 Å². The van der Waals surface area contributed by atoms with E-state index in [9.17, 15) is 14.7 Å². The van der Waals surface area contributed by atoms with Crippen molar-refractivity contribution in [2.75, 3.05) is 6.54 Å². The molecule has 1 saturated heterocycles. The summed E-state index contributed by atoms with van der Waals surface area (Å²) >= 11 is 0. The lowest BCUT2D eigenvalue weighted by Crippen LogP contribution is -2.30. The van der Waals surface area contributed by atoms with Crippen molar-refractivity contribution in [1.29, 1.82) is 0 Å². The molecule has 0 aliphatic carbocycles. The molecule has 1 atom stereocenters. The minimum Gasteiger partial charge on any atom is -0.507 e. The Morgan fingerprint density at radius 3 is 2.37 bits per heavy atom. The third kappa shape index (κ3) is 3.68. The molecular weight excluding hydrogens is 342 g/mol. The molecule has 0 saturated carbocycles. The Kier molecular flexibility index (Phi) is 5.49. The van der Waals surface area contributed by atoms with Gasteiger partial charge in [-0.15, -0.1) is 0 Å². The Balaban J connectivity index is 2.09. The molecule has 1 N–H and O–H groups in total. The molecule has 1 aromatic heterocycles. The van der Waals surface area contributed by atoms with Gasteiger partial charge in [0.25, 0.3) is 11.7 Å². The zero-order chi connectivity index (χ0) is 19.6. The molecule has 2 aromatic rings. The lowest BCUT2D eigenvalue weighted by atomic mass is 9.99. The highest BCUT2D eigenvalue weighted by Crippen LogP contribution is 2.40. The van der Waals surface area contributed by atoms with Crippen LogP contribution in [0.15, 0.2) is 46.4 Å². The molecule has 1 fully saturated rings. The normalized spacial score (nSPS) is 19.1. The second-order valence-electron chi connectivity index (χ2n) is 7.01. The van der Waals surface area contributed by atoms with E-state index < -0.39 is 17.7 Å². The highest BCUT2D eigenvalue weighted by Gasteiger charge is 2.47. The summed E-state index contributed by atoms with van der Waals surface area (Å²) in [4.78, 5) is 27.0. The predicted molar refractivity (Wildman–Crippen MR) is 103 cm³/mol. The molecule has 142 valence electrons. The van der Waals surface area contributed by atoms with Crippen molar-refractivity contribution in [3.63, 3.8) is 0 Å². The summed E-state index contributed by atoms with van der Waals surface area (Å²) in [5.41, 5.74) is 1.65. The third-order valence-corrected chi connectivity index (χ3v) is 4.90. The fraction of sp³-hybridized carbons (Fsp3) is 0.364. The van der Waals surface area contributed by atoms with Gasteiger partial charge in [0.1, 0.15) is 23.3 Å². The lowest BCUT2D eigenvalue weighted by Gasteiger charge is -2.23. The number of nitrogens with zero attached hydrogens (tertiary/aromatic N) is 1. The SMILES string of the molecule is CCCCCN1C(=O)C(=O)/C(=C(\O)c2ccc(C)cc2)C1c1ccc(C)o1. The number of Topliss-reactive ketones (excluding diaryl/α,β-unsaturated/α-hetero) is 1. The van der Waals surface area contributed by atoms with Crippen LogP contribution in [0, 0.1) is 13.8 Å². The minimum absolute atomic E-state index is 0.0923. The number of furan rings is 1. The first-order valence-corrected chi connectivity index (χ1v) is 9.35. The summed E-state index contributed by atoms with van der Waals surface area (Å²) in [5, 5.41) is 10.9. The standard InChI is InChI=1S/C22H25NO4/c1-4-5-6-13-23-19(17-12-9-15(3)27-17)18(21(25)22(23)26)20(24)16-10-7-14(2)8-11-16/h7-12,19,24H,4-6,13H2,1-3H3/b20-18-. The maximum Gasteiger partial charge on any atom is 0.295 e. The van der Waals surface area contributed by atoms with Crippen molar-refractivity contribution in [3.05, 3.63) is 64.6 Å². The molecule has 1 unspecified atom stereocenters. The van der Waals surface area contributed by atoms with Crippen molar-refractivity contribution in [1.82, 2.24) is 4.90 Å². The maximum atomic E-state index is 12.8. The molecular formula is C22H25NO4. The van der Waals surface area contributed by atoms with Crippen LogP contribution in [0.1, 0.15) is 54.9 Å². The number of carbonyl (C=O) groups excluding carboxylic acids is 2. The Labute approximate surface area is 159 Å². The van der Waals surface area contributed by atoms with Gasteiger partial charge >= 0.3 is 0 Å². The van der Waals surface area contributed by atoms with Gasteiger partial charge in [0.2, 0.25) is 0 Å². The molecule has 0 spiro atoms. The van der Waals surface area contributed by atoms with Crippen LogP contribution in [-0.4, -0.2) is 28.2 Å². The van der Waals surface area contributed by atoms with Crippen LogP contribution in [0.4, 0.5) is 0 Å². The first kappa shape index (κ1) is 19.0. The molecule has 1 amide bonds. The van der Waals surface area contributed by atoms with E-state index in [0.29, 0.717) is 23.6 Å². The van der Waals surface area contributed by atoms with Crippen molar-refractivity contribution in [3.8, 4) is 0 Å². The van der Waals surface area contributed by atoms with Crippen LogP contribution in [0.5, 0.6) is 0 Å². The number of aryl methyl sites for hydroxylation is 2. The van der Waals surface area contributed by atoms with E-state index in [1.165, 1.54) is 4.90 Å². The molecule has 0 bridgehead atoms. The van der Waals surface area contributed by atoms with E-state index in [4.69, 9.17) is 4.42 Å². The topological polar surface area (TPSA) is 70.8 Å². The number of aliphatic hydroxyl groups is 1. The number of hydrogen-bond acceptors (Lipinski definition) is 4. The van der Waals surface area contributed by atoms with Crippen molar-refractivity contribution in [2.45, 2.75) is 46.1 Å². The van der Waals surface area contributed by atoms with Gasteiger partial charge in [-0.25, -0.2) is 0 Å². The van der Waals surface area contributed by atoms with Gasteiger partial charge in [-0.3, -0.25) is 9.59 Å². The molecule has 5 nitrogen and oxygen atoms in total. The Morgan fingerprint density at radius 2 is 1.78 bits per heavy atom. The van der Waals surface area contributed by atoms with Crippen LogP contribution in [0.2, 0.25) is 0 Å². The van der Waals surface area contributed by atoms with Gasteiger partial charge < -0.3 is 14.4 Å². The largest absolute Gasteiger partial charge is 0.507 e. The molecule has 27 heavy (non-hydrogen) atoms. The fourth-order valence-electron chi connectivity index (χ4n) is 3.41. The summed E-state index contributed by atoms with van der Waals surface area (Å²) in [7, 11) is 0. The van der Waals surface area contributed by atoms with Gasteiger partial charge in [-0.2, -0.15) is 0 Å². The van der Waals surface area contributed by atoms with Crippen LogP contribution < -0.4 is 0 Å². The first-order chi connectivity index (χ1) is 12.9. The molecule has 1 aromatic carbocycles. The van der Waals surface area contributed by atoms with Crippen LogP contribution in [0.25, 0.3) is 5.76 Å². The zero-order valence-electron chi connectivity index (χ0n) is 16.0. The molecule has 2 heterocycles. The average molecular weight is 367 g/mol. The summed E-state index contributed by atoms with van der Waals surface area (Å²) in [6, 6.07) is 10.1. The number of carbonyl (C=O) groups is 2. The number of likely N-dealkylation sites (tertiary alicyclic amines) is 1. The number of benzene rings is 1. The van der Waals surface area contributed by atoms with E-state index >= 15 is 0 Å². The molecule has 1 aliphatic heterocycles. The van der Waals surface area contributed by atoms with E-state index in [0.717, 1.165) is 24.8 Å². The van der Waals surface area contributed by atoms with E-state index in [1.54, 1.807) is 24.3 Å². The first-order valence-electron chi connectivity index (χ1n) is 9.35. The van der Waals surface area contributed by atoms with E-state index in [2.05, 4.69) is 6.92 Å². The second-order valence-corrected chi connectivity index (χ2v) is 7.01. The highest BCUT2D eigenvalue weighted by atomic mass is 16.3. The summed E-state index contributed by atoms with van der Waals surface area (Å²) in [6.07, 6.45) is 2.77. The quantitative estimate of drug-likeness (QED) is 0.353. The van der Waals surface area contributed by atoms with Crippen molar-refractivity contribution >= 4 is 17.4 Å². The van der Waals surface area contributed by atoms with E-state index in [-0.39, 0.29) is 11.3 Å². The number of aliphatic hydroxyl groups excluding tert-OH is 1. The summed E-state index contributed by atoms with van der Waals surface area (Å²) in [5.74, 6) is -0.218. The van der Waals surface area contributed by atoms with Gasteiger partial charge in [0, 0.05) is 12.1 Å². The van der Waals surface area contributed by atoms with Gasteiger partial charge in [-0.05, 0) is 32.4 Å². The Morgan fingerprint density at radius 1 is 1.07 bits per heavy atom. The lowest BCUT2D eigenvalue weighted by molar-refractivity contribution is -0.140. The second kappa shape index (κ2) is 7.82. The number of rotatable bonds is 6. The average Bonchev–Trinajstić information content (AvgIpc) is 3.18. The van der Waals surface area contributed by atoms with Gasteiger partial charge in [0.15, 0.2) is 0 Å².